The van der Waals surface area contributed by atoms with E-state index in [0.29, 0.717) is 11.4 Å². The maximum atomic E-state index is 12.2. The van der Waals surface area contributed by atoms with Crippen LogP contribution in [0.5, 0.6) is 0 Å². The summed E-state index contributed by atoms with van der Waals surface area (Å²) in [7, 11) is 1.78. The zero-order valence-corrected chi connectivity index (χ0v) is 12.5. The molecule has 0 radical (unpaired) electrons. The second kappa shape index (κ2) is 6.81. The summed E-state index contributed by atoms with van der Waals surface area (Å²) in [4.78, 5) is 14.2. The molecule has 1 saturated heterocycles. The van der Waals surface area contributed by atoms with Gasteiger partial charge in [-0.05, 0) is 43.5 Å². The van der Waals surface area contributed by atoms with Gasteiger partial charge in [0.25, 0.3) is 0 Å². The molecule has 4 nitrogen and oxygen atoms in total. The van der Waals surface area contributed by atoms with Crippen LogP contribution in [0.3, 0.4) is 0 Å². The van der Waals surface area contributed by atoms with Gasteiger partial charge in [-0.15, -0.1) is 0 Å². The van der Waals surface area contributed by atoms with E-state index >= 15 is 0 Å². The number of anilines is 1. The molecule has 0 aliphatic carbocycles. The molecule has 1 aliphatic heterocycles. The quantitative estimate of drug-likeness (QED) is 0.865. The summed E-state index contributed by atoms with van der Waals surface area (Å²) in [5.41, 5.74) is 7.20. The van der Waals surface area contributed by atoms with Crippen LogP contribution < -0.4 is 10.6 Å². The fraction of sp³-hybridized carbons (Fsp3) is 0.467. The molecule has 20 heavy (non-hydrogen) atoms. The minimum absolute atomic E-state index is 0.0644. The third kappa shape index (κ3) is 3.77. The Kier molecular flexibility index (Phi) is 5.09. The van der Waals surface area contributed by atoms with Gasteiger partial charge < -0.3 is 15.4 Å². The minimum atomic E-state index is 0.0644. The minimum Gasteiger partial charge on any atom is -0.389 e. The Morgan fingerprint density at radius 2 is 2.10 bits per heavy atom. The first-order chi connectivity index (χ1) is 9.58. The first kappa shape index (κ1) is 14.9. The molecule has 2 rings (SSSR count). The van der Waals surface area contributed by atoms with Crippen molar-refractivity contribution in [3.63, 3.8) is 0 Å². The van der Waals surface area contributed by atoms with E-state index in [1.165, 1.54) is 0 Å². The molecule has 1 atom stereocenters. The number of amides is 1. The van der Waals surface area contributed by atoms with Crippen LogP contribution in [0.2, 0.25) is 0 Å². The third-order valence-corrected chi connectivity index (χ3v) is 3.83. The molecule has 1 amide bonds. The van der Waals surface area contributed by atoms with Crippen molar-refractivity contribution in [3.05, 3.63) is 29.8 Å². The highest BCUT2D eigenvalue weighted by Crippen LogP contribution is 2.19. The van der Waals surface area contributed by atoms with E-state index in [1.54, 1.807) is 11.9 Å². The van der Waals surface area contributed by atoms with Gasteiger partial charge in [-0.2, -0.15) is 0 Å². The zero-order chi connectivity index (χ0) is 14.5. The second-order valence-corrected chi connectivity index (χ2v) is 5.50. The average molecular weight is 292 g/mol. The van der Waals surface area contributed by atoms with Crippen LogP contribution >= 0.6 is 12.2 Å². The summed E-state index contributed by atoms with van der Waals surface area (Å²) in [6, 6.07) is 7.37. The van der Waals surface area contributed by atoms with Crippen molar-refractivity contribution >= 4 is 28.8 Å². The highest BCUT2D eigenvalue weighted by molar-refractivity contribution is 7.80. The van der Waals surface area contributed by atoms with Crippen molar-refractivity contribution in [3.8, 4) is 0 Å². The summed E-state index contributed by atoms with van der Waals surface area (Å²) < 4.78 is 5.60. The number of nitrogens with zero attached hydrogens (tertiary/aromatic N) is 1. The van der Waals surface area contributed by atoms with Crippen molar-refractivity contribution in [1.82, 2.24) is 0 Å². The lowest BCUT2D eigenvalue weighted by atomic mass is 10.1. The first-order valence-corrected chi connectivity index (χ1v) is 7.27. The number of benzene rings is 1. The van der Waals surface area contributed by atoms with Gasteiger partial charge in [0.1, 0.15) is 4.99 Å². The maximum absolute atomic E-state index is 12.2. The van der Waals surface area contributed by atoms with E-state index in [1.807, 2.05) is 24.3 Å². The van der Waals surface area contributed by atoms with Crippen LogP contribution in [0.25, 0.3) is 0 Å². The van der Waals surface area contributed by atoms with Gasteiger partial charge in [-0.25, -0.2) is 0 Å². The molecule has 1 aromatic carbocycles. The van der Waals surface area contributed by atoms with Crippen LogP contribution in [0.15, 0.2) is 24.3 Å². The number of ether oxygens (including phenoxy) is 1. The van der Waals surface area contributed by atoms with E-state index in [2.05, 4.69) is 0 Å². The highest BCUT2D eigenvalue weighted by Gasteiger charge is 2.20. The second-order valence-electron chi connectivity index (χ2n) is 5.06. The van der Waals surface area contributed by atoms with E-state index in [9.17, 15) is 4.79 Å². The van der Waals surface area contributed by atoms with E-state index in [0.717, 1.165) is 37.1 Å². The molecule has 0 bridgehead atoms. The van der Waals surface area contributed by atoms with Gasteiger partial charge in [0, 0.05) is 24.9 Å². The highest BCUT2D eigenvalue weighted by atomic mass is 32.1. The molecule has 1 aromatic rings. The Labute approximate surface area is 124 Å². The van der Waals surface area contributed by atoms with Crippen LogP contribution in [-0.2, 0) is 9.53 Å². The monoisotopic (exact) mass is 292 g/mol. The number of nitrogens with two attached hydrogens (primary N) is 1. The SMILES string of the molecule is CN(C(=O)CC1CCCCO1)c1ccc(C(N)=S)cc1. The Morgan fingerprint density at radius 1 is 1.40 bits per heavy atom. The molecule has 1 aliphatic rings. The van der Waals surface area contributed by atoms with E-state index in [-0.39, 0.29) is 12.0 Å². The normalized spacial score (nSPS) is 18.6. The van der Waals surface area contributed by atoms with Crippen LogP contribution in [0.1, 0.15) is 31.2 Å². The molecule has 2 N–H and O–H groups in total. The summed E-state index contributed by atoms with van der Waals surface area (Å²) in [6.45, 7) is 0.768. The van der Waals surface area contributed by atoms with Crippen LogP contribution in [0.4, 0.5) is 5.69 Å². The molecule has 0 aromatic heterocycles. The van der Waals surface area contributed by atoms with E-state index in [4.69, 9.17) is 22.7 Å². The molecule has 5 heteroatoms. The van der Waals surface area contributed by atoms with Crippen molar-refractivity contribution in [2.75, 3.05) is 18.6 Å². The first-order valence-electron chi connectivity index (χ1n) is 6.86. The molecule has 1 heterocycles. The van der Waals surface area contributed by atoms with Crippen molar-refractivity contribution in [2.24, 2.45) is 5.73 Å². The number of hydrogen-bond acceptors (Lipinski definition) is 3. The van der Waals surface area contributed by atoms with Crippen molar-refractivity contribution < 1.29 is 9.53 Å². The fourth-order valence-corrected chi connectivity index (χ4v) is 2.43. The Balaban J connectivity index is 1.96. The lowest BCUT2D eigenvalue weighted by Crippen LogP contribution is -2.32. The lowest BCUT2D eigenvalue weighted by Gasteiger charge is -2.25. The largest absolute Gasteiger partial charge is 0.389 e. The number of hydrogen-bond donors (Lipinski definition) is 1. The molecule has 0 spiro atoms. The average Bonchev–Trinajstić information content (AvgIpc) is 2.47. The molecular formula is C15H20N2O2S. The maximum Gasteiger partial charge on any atom is 0.229 e. The predicted octanol–water partition coefficient (Wildman–Crippen LogP) is 2.24. The van der Waals surface area contributed by atoms with E-state index < -0.39 is 0 Å². The summed E-state index contributed by atoms with van der Waals surface area (Å²) >= 11 is 4.91. The van der Waals surface area contributed by atoms with Gasteiger partial charge in [-0.1, -0.05) is 12.2 Å². The van der Waals surface area contributed by atoms with Gasteiger partial charge in [0.15, 0.2) is 0 Å². The molecule has 0 saturated carbocycles. The molecule has 1 fully saturated rings. The van der Waals surface area contributed by atoms with Gasteiger partial charge in [0.2, 0.25) is 5.91 Å². The number of thiocarbonyl (C=S) groups is 1. The number of carbonyl (C=O) groups excluding carboxylic acids is 1. The number of rotatable bonds is 4. The Hall–Kier alpha value is -1.46. The van der Waals surface area contributed by atoms with Crippen molar-refractivity contribution in [2.45, 2.75) is 31.8 Å². The zero-order valence-electron chi connectivity index (χ0n) is 11.7. The van der Waals surface area contributed by atoms with Crippen LogP contribution in [-0.4, -0.2) is 30.7 Å². The molecule has 108 valence electrons. The Bertz CT molecular complexity index is 481. The van der Waals surface area contributed by atoms with Gasteiger partial charge >= 0.3 is 0 Å². The standard InChI is InChI=1S/C15H20N2O2S/c1-17(12-7-5-11(6-8-12)15(16)20)14(18)10-13-4-2-3-9-19-13/h5-8,13H,2-4,9-10H2,1H3,(H2,16,20). The van der Waals surface area contributed by atoms with Crippen LogP contribution in [0, 0.1) is 0 Å². The molecule has 1 unspecified atom stereocenters. The topological polar surface area (TPSA) is 55.6 Å². The molecular weight excluding hydrogens is 272 g/mol. The van der Waals surface area contributed by atoms with Gasteiger partial charge in [-0.3, -0.25) is 4.79 Å². The predicted molar refractivity (Wildman–Crippen MR) is 83.9 cm³/mol. The van der Waals surface area contributed by atoms with Gasteiger partial charge in [0.05, 0.1) is 12.5 Å². The fourth-order valence-electron chi connectivity index (χ4n) is 2.29. The third-order valence-electron chi connectivity index (χ3n) is 3.59. The smallest absolute Gasteiger partial charge is 0.229 e. The van der Waals surface area contributed by atoms with Crippen molar-refractivity contribution in [1.29, 1.82) is 0 Å². The lowest BCUT2D eigenvalue weighted by molar-refractivity contribution is -0.122. The summed E-state index contributed by atoms with van der Waals surface area (Å²) in [6.07, 6.45) is 3.72. The summed E-state index contributed by atoms with van der Waals surface area (Å²) in [5, 5.41) is 0. The summed E-state index contributed by atoms with van der Waals surface area (Å²) in [5.74, 6) is 0.0694. The number of carbonyl (C=O) groups is 1. The Morgan fingerprint density at radius 3 is 2.65 bits per heavy atom.